The number of carbonyl (C=O) groups excluding carboxylic acids is 1. The van der Waals surface area contributed by atoms with E-state index in [4.69, 9.17) is 4.74 Å². The number of rotatable bonds is 4. The molecule has 0 bridgehead atoms. The number of methoxy groups -OCH3 is 1. The highest BCUT2D eigenvalue weighted by Crippen LogP contribution is 2.43. The number of benzene rings is 1. The van der Waals surface area contributed by atoms with Gasteiger partial charge in [-0.2, -0.15) is 0 Å². The lowest BCUT2D eigenvalue weighted by Crippen LogP contribution is -2.38. The Labute approximate surface area is 143 Å². The lowest BCUT2D eigenvalue weighted by atomic mass is 9.77. The summed E-state index contributed by atoms with van der Waals surface area (Å²) >= 11 is 0. The van der Waals surface area contributed by atoms with E-state index in [2.05, 4.69) is 16.4 Å². The minimum Gasteiger partial charge on any atom is -0.496 e. The first kappa shape index (κ1) is 16.5. The first-order chi connectivity index (χ1) is 11.6. The van der Waals surface area contributed by atoms with E-state index in [1.54, 1.807) is 13.3 Å². The monoisotopic (exact) mass is 324 g/mol. The van der Waals surface area contributed by atoms with Gasteiger partial charge < -0.3 is 10.1 Å². The summed E-state index contributed by atoms with van der Waals surface area (Å²) in [6.07, 6.45) is 5.60. The summed E-state index contributed by atoms with van der Waals surface area (Å²) in [6.45, 7) is 3.93. The summed E-state index contributed by atoms with van der Waals surface area (Å²) in [5.74, 6) is 0.895. The minimum absolute atomic E-state index is 0.0574. The molecule has 126 valence electrons. The van der Waals surface area contributed by atoms with Crippen LogP contribution in [0.1, 0.15) is 42.5 Å². The van der Waals surface area contributed by atoms with Crippen molar-refractivity contribution in [3.63, 3.8) is 0 Å². The average Bonchev–Trinajstić information content (AvgIpc) is 3.08. The van der Waals surface area contributed by atoms with E-state index >= 15 is 0 Å². The smallest absolute Gasteiger partial charge is 0.235 e. The second-order valence-corrected chi connectivity index (χ2v) is 6.56. The van der Waals surface area contributed by atoms with Crippen LogP contribution in [-0.4, -0.2) is 18.0 Å². The van der Waals surface area contributed by atoms with Crippen LogP contribution < -0.4 is 10.1 Å². The number of hydrogen-bond donors (Lipinski definition) is 1. The van der Waals surface area contributed by atoms with Gasteiger partial charge in [-0.15, -0.1) is 0 Å². The van der Waals surface area contributed by atoms with Gasteiger partial charge in [-0.05, 0) is 56.0 Å². The van der Waals surface area contributed by atoms with Crippen molar-refractivity contribution in [2.24, 2.45) is 0 Å². The van der Waals surface area contributed by atoms with E-state index in [1.165, 1.54) is 0 Å². The Bertz CT molecular complexity index is 749. The Balaban J connectivity index is 1.96. The number of nitrogens with one attached hydrogen (secondary N) is 1. The van der Waals surface area contributed by atoms with Gasteiger partial charge in [0.05, 0.1) is 23.9 Å². The summed E-state index contributed by atoms with van der Waals surface area (Å²) < 4.78 is 5.47. The van der Waals surface area contributed by atoms with Crippen molar-refractivity contribution < 1.29 is 9.53 Å². The molecule has 1 aliphatic carbocycles. The Hall–Kier alpha value is -2.36. The van der Waals surface area contributed by atoms with Crippen LogP contribution in [0.15, 0.2) is 36.5 Å². The molecule has 3 rings (SSSR count). The topological polar surface area (TPSA) is 51.2 Å². The number of ether oxygens (including phenoxy) is 1. The van der Waals surface area contributed by atoms with Crippen LogP contribution in [0.3, 0.4) is 0 Å². The number of hydrogen-bond acceptors (Lipinski definition) is 3. The highest BCUT2D eigenvalue weighted by atomic mass is 16.5. The first-order valence-corrected chi connectivity index (χ1v) is 8.45. The molecule has 1 N–H and O–H groups in total. The van der Waals surface area contributed by atoms with Crippen LogP contribution in [0.2, 0.25) is 0 Å². The van der Waals surface area contributed by atoms with Gasteiger partial charge in [0.1, 0.15) is 5.75 Å². The van der Waals surface area contributed by atoms with Crippen molar-refractivity contribution in [3.05, 3.63) is 53.3 Å². The number of anilines is 1. The van der Waals surface area contributed by atoms with Gasteiger partial charge in [0.25, 0.3) is 0 Å². The average molecular weight is 324 g/mol. The van der Waals surface area contributed by atoms with E-state index in [0.29, 0.717) is 0 Å². The van der Waals surface area contributed by atoms with Gasteiger partial charge in [0, 0.05) is 6.20 Å². The number of amides is 1. The Morgan fingerprint density at radius 3 is 2.62 bits per heavy atom. The van der Waals surface area contributed by atoms with Crippen molar-refractivity contribution in [2.75, 3.05) is 12.4 Å². The van der Waals surface area contributed by atoms with Crippen molar-refractivity contribution in [2.45, 2.75) is 44.9 Å². The van der Waals surface area contributed by atoms with Crippen molar-refractivity contribution in [1.29, 1.82) is 0 Å². The zero-order chi connectivity index (χ0) is 17.2. The molecule has 4 nitrogen and oxygen atoms in total. The Morgan fingerprint density at radius 1 is 1.21 bits per heavy atom. The molecule has 0 atom stereocenters. The number of carbonyl (C=O) groups is 1. The summed E-state index contributed by atoms with van der Waals surface area (Å²) in [4.78, 5) is 17.5. The van der Waals surface area contributed by atoms with Crippen LogP contribution in [0.4, 0.5) is 5.69 Å². The van der Waals surface area contributed by atoms with Crippen LogP contribution in [-0.2, 0) is 10.2 Å². The first-order valence-electron chi connectivity index (χ1n) is 8.45. The van der Waals surface area contributed by atoms with Gasteiger partial charge in [-0.25, -0.2) is 0 Å². The highest BCUT2D eigenvalue weighted by molar-refractivity contribution is 5.99. The number of aromatic nitrogens is 1. The molecule has 1 amide bonds. The van der Waals surface area contributed by atoms with Crippen LogP contribution >= 0.6 is 0 Å². The zero-order valence-corrected chi connectivity index (χ0v) is 14.6. The molecule has 0 aliphatic heterocycles. The number of aryl methyl sites for hydroxylation is 2. The lowest BCUT2D eigenvalue weighted by molar-refractivity contribution is -0.121. The van der Waals surface area contributed by atoms with Gasteiger partial charge in [0.15, 0.2) is 0 Å². The van der Waals surface area contributed by atoms with E-state index in [-0.39, 0.29) is 5.91 Å². The molecule has 1 aromatic carbocycles. The van der Waals surface area contributed by atoms with Gasteiger partial charge in [-0.3, -0.25) is 9.78 Å². The fourth-order valence-corrected chi connectivity index (χ4v) is 3.60. The molecule has 2 aromatic rings. The molecule has 1 aliphatic rings. The molecule has 1 aromatic heterocycles. The van der Waals surface area contributed by atoms with Crippen LogP contribution in [0, 0.1) is 13.8 Å². The molecule has 1 heterocycles. The van der Waals surface area contributed by atoms with Gasteiger partial charge >= 0.3 is 0 Å². The van der Waals surface area contributed by atoms with Crippen molar-refractivity contribution >= 4 is 11.6 Å². The molecule has 4 heteroatoms. The second-order valence-electron chi connectivity index (χ2n) is 6.56. The highest BCUT2D eigenvalue weighted by Gasteiger charge is 2.43. The second kappa shape index (κ2) is 6.63. The minimum atomic E-state index is -0.483. The molecule has 24 heavy (non-hydrogen) atoms. The van der Waals surface area contributed by atoms with Crippen LogP contribution in [0.25, 0.3) is 0 Å². The maximum atomic E-state index is 13.2. The third-order valence-electron chi connectivity index (χ3n) is 5.11. The molecular formula is C20H24N2O2. The van der Waals surface area contributed by atoms with Gasteiger partial charge in [0.2, 0.25) is 5.91 Å². The standard InChI is InChI=1S/C20H24N2O2/c1-14-8-9-16(13-18(14)24-3)20(10-4-5-11-20)19(23)22-17-7-6-12-21-15(17)2/h6-9,12-13H,4-5,10-11H2,1-3H3,(H,22,23). The maximum absolute atomic E-state index is 13.2. The zero-order valence-electron chi connectivity index (χ0n) is 14.6. The number of nitrogens with zero attached hydrogens (tertiary/aromatic N) is 1. The SMILES string of the molecule is COc1cc(C2(C(=O)Nc3cccnc3C)CCCC2)ccc1C. The third-order valence-corrected chi connectivity index (χ3v) is 5.11. The predicted octanol–water partition coefficient (Wildman–Crippen LogP) is 4.16. The Morgan fingerprint density at radius 2 is 1.96 bits per heavy atom. The molecular weight excluding hydrogens is 300 g/mol. The molecule has 1 saturated carbocycles. The largest absolute Gasteiger partial charge is 0.496 e. The molecule has 0 radical (unpaired) electrons. The lowest BCUT2D eigenvalue weighted by Gasteiger charge is -2.29. The summed E-state index contributed by atoms with van der Waals surface area (Å²) in [7, 11) is 1.67. The van der Waals surface area contributed by atoms with E-state index in [1.807, 2.05) is 38.1 Å². The molecule has 1 fully saturated rings. The van der Waals surface area contributed by atoms with Crippen molar-refractivity contribution in [1.82, 2.24) is 4.98 Å². The maximum Gasteiger partial charge on any atom is 0.235 e. The van der Waals surface area contributed by atoms with Crippen molar-refractivity contribution in [3.8, 4) is 5.75 Å². The quantitative estimate of drug-likeness (QED) is 0.919. The summed E-state index contributed by atoms with van der Waals surface area (Å²) in [5, 5.41) is 3.10. The van der Waals surface area contributed by atoms with E-state index in [9.17, 15) is 4.79 Å². The molecule has 0 saturated heterocycles. The normalized spacial score (nSPS) is 16.0. The fraction of sp³-hybridized carbons (Fsp3) is 0.400. The fourth-order valence-electron chi connectivity index (χ4n) is 3.60. The predicted molar refractivity (Wildman–Crippen MR) is 95.5 cm³/mol. The summed E-state index contributed by atoms with van der Waals surface area (Å²) in [6, 6.07) is 9.88. The molecule has 0 spiro atoms. The third kappa shape index (κ3) is 2.88. The van der Waals surface area contributed by atoms with E-state index < -0.39 is 5.41 Å². The molecule has 0 unspecified atom stereocenters. The summed E-state index contributed by atoms with van der Waals surface area (Å²) in [5.41, 5.74) is 3.26. The van der Waals surface area contributed by atoms with Gasteiger partial charge in [-0.1, -0.05) is 25.0 Å². The van der Waals surface area contributed by atoms with E-state index in [0.717, 1.165) is 53.9 Å². The van der Waals surface area contributed by atoms with Crippen LogP contribution in [0.5, 0.6) is 5.75 Å². The Kier molecular flexibility index (Phi) is 4.56. The number of pyridine rings is 1.